The molecule has 70 valence electrons. The smallest absolute Gasteiger partial charge is 0.238 e. The van der Waals surface area contributed by atoms with Crippen LogP contribution in [0.3, 0.4) is 0 Å². The van der Waals surface area contributed by atoms with Gasteiger partial charge in [0, 0.05) is 5.69 Å². The van der Waals surface area contributed by atoms with E-state index in [9.17, 15) is 13.3 Å². The minimum Gasteiger partial charge on any atom is -0.399 e. The Hall–Kier alpha value is -1.47. The molecule has 0 atom stereocenters. The van der Waals surface area contributed by atoms with Crippen molar-refractivity contribution >= 4 is 21.4 Å². The number of primary sulfonamides is 1. The number of sulfonamides is 1. The first-order chi connectivity index (χ1) is 5.93. The standard InChI is InChI=1S/C6H7N3O3S/c7-4-1-5(9-10)3-6(2-4)13(8,11)12/h1-3H,7H2,(H2,8,11,12). The van der Waals surface area contributed by atoms with Gasteiger partial charge in [0.1, 0.15) is 5.69 Å². The van der Waals surface area contributed by atoms with Gasteiger partial charge in [-0.2, -0.15) is 0 Å². The van der Waals surface area contributed by atoms with Crippen LogP contribution in [-0.4, -0.2) is 8.42 Å². The predicted molar refractivity (Wildman–Crippen MR) is 47.7 cm³/mol. The van der Waals surface area contributed by atoms with Crippen molar-refractivity contribution in [2.75, 3.05) is 5.73 Å². The highest BCUT2D eigenvalue weighted by molar-refractivity contribution is 7.89. The molecule has 0 aliphatic heterocycles. The summed E-state index contributed by atoms with van der Waals surface area (Å²) in [5, 5.41) is 7.38. The minimum atomic E-state index is -3.84. The first-order valence-corrected chi connectivity index (χ1v) is 4.75. The van der Waals surface area contributed by atoms with Gasteiger partial charge in [-0.1, -0.05) is 0 Å². The van der Waals surface area contributed by atoms with E-state index < -0.39 is 10.0 Å². The first kappa shape index (κ1) is 9.62. The van der Waals surface area contributed by atoms with Gasteiger partial charge in [0.2, 0.25) is 10.0 Å². The van der Waals surface area contributed by atoms with Crippen LogP contribution in [0.1, 0.15) is 0 Å². The van der Waals surface area contributed by atoms with Crippen LogP contribution in [0.15, 0.2) is 28.3 Å². The lowest BCUT2D eigenvalue weighted by molar-refractivity contribution is 0.598. The van der Waals surface area contributed by atoms with Gasteiger partial charge >= 0.3 is 0 Å². The van der Waals surface area contributed by atoms with E-state index >= 15 is 0 Å². The molecule has 0 saturated carbocycles. The average molecular weight is 201 g/mol. The average Bonchev–Trinajstić information content (AvgIpc) is 2.01. The van der Waals surface area contributed by atoms with Gasteiger partial charge in [-0.3, -0.25) is 0 Å². The summed E-state index contributed by atoms with van der Waals surface area (Å²) < 4.78 is 21.7. The summed E-state index contributed by atoms with van der Waals surface area (Å²) in [6, 6.07) is 3.46. The van der Waals surface area contributed by atoms with E-state index in [2.05, 4.69) is 5.18 Å². The minimum absolute atomic E-state index is 0.0657. The van der Waals surface area contributed by atoms with Crippen molar-refractivity contribution in [1.82, 2.24) is 0 Å². The fraction of sp³-hybridized carbons (Fsp3) is 0. The van der Waals surface area contributed by atoms with Crippen molar-refractivity contribution in [1.29, 1.82) is 0 Å². The molecule has 4 N–H and O–H groups in total. The molecule has 6 nitrogen and oxygen atoms in total. The molecule has 0 aliphatic carbocycles. The van der Waals surface area contributed by atoms with Gasteiger partial charge in [-0.25, -0.2) is 13.6 Å². The SMILES string of the molecule is Nc1cc(N=O)cc(S(N)(=O)=O)c1. The molecule has 7 heteroatoms. The molecular weight excluding hydrogens is 194 g/mol. The Balaban J connectivity index is 3.41. The molecule has 0 bridgehead atoms. The Bertz CT molecular complexity index is 440. The predicted octanol–water partition coefficient (Wildman–Crippen LogP) is 0.314. The summed E-state index contributed by atoms with van der Waals surface area (Å²) in [6.45, 7) is 0. The fourth-order valence-corrected chi connectivity index (χ4v) is 1.41. The van der Waals surface area contributed by atoms with Gasteiger partial charge < -0.3 is 5.73 Å². The van der Waals surface area contributed by atoms with Crippen molar-refractivity contribution in [3.63, 3.8) is 0 Å². The van der Waals surface area contributed by atoms with E-state index in [0.29, 0.717) is 0 Å². The number of hydrogen-bond acceptors (Lipinski definition) is 5. The third-order valence-electron chi connectivity index (χ3n) is 1.35. The molecular formula is C6H7N3O3S. The number of hydrogen-bond donors (Lipinski definition) is 2. The molecule has 0 fully saturated rings. The Labute approximate surface area is 74.6 Å². The second kappa shape index (κ2) is 3.11. The lowest BCUT2D eigenvalue weighted by Gasteiger charge is -1.99. The molecule has 1 aromatic carbocycles. The third-order valence-corrected chi connectivity index (χ3v) is 2.24. The third kappa shape index (κ3) is 2.23. The number of benzene rings is 1. The van der Waals surface area contributed by atoms with Crippen LogP contribution in [0.4, 0.5) is 11.4 Å². The van der Waals surface area contributed by atoms with E-state index in [-0.39, 0.29) is 16.3 Å². The molecule has 0 aliphatic rings. The van der Waals surface area contributed by atoms with Gasteiger partial charge in [-0.15, -0.1) is 4.91 Å². The van der Waals surface area contributed by atoms with Crippen LogP contribution in [0.2, 0.25) is 0 Å². The summed E-state index contributed by atoms with van der Waals surface area (Å²) >= 11 is 0. The van der Waals surface area contributed by atoms with Crippen molar-refractivity contribution in [3.8, 4) is 0 Å². The number of anilines is 1. The van der Waals surface area contributed by atoms with Gasteiger partial charge in [0.25, 0.3) is 0 Å². The zero-order valence-electron chi connectivity index (χ0n) is 6.47. The number of nitrogens with two attached hydrogens (primary N) is 2. The fourth-order valence-electron chi connectivity index (χ4n) is 0.823. The van der Waals surface area contributed by atoms with Crippen LogP contribution in [0, 0.1) is 4.91 Å². The second-order valence-corrected chi connectivity index (χ2v) is 3.96. The van der Waals surface area contributed by atoms with E-state index in [1.807, 2.05) is 0 Å². The number of rotatable bonds is 2. The molecule has 0 heterocycles. The van der Waals surface area contributed by atoms with Crippen LogP contribution >= 0.6 is 0 Å². The maximum atomic E-state index is 10.8. The van der Waals surface area contributed by atoms with Crippen molar-refractivity contribution < 1.29 is 8.42 Å². The summed E-state index contributed by atoms with van der Waals surface area (Å²) in [5.74, 6) is 0. The van der Waals surface area contributed by atoms with Crippen molar-refractivity contribution in [2.45, 2.75) is 4.90 Å². The Morgan fingerprint density at radius 2 is 1.85 bits per heavy atom. The number of nitrogens with zero attached hydrogens (tertiary/aromatic N) is 1. The molecule has 0 radical (unpaired) electrons. The highest BCUT2D eigenvalue weighted by Gasteiger charge is 2.09. The highest BCUT2D eigenvalue weighted by atomic mass is 32.2. The van der Waals surface area contributed by atoms with Crippen LogP contribution < -0.4 is 10.9 Å². The van der Waals surface area contributed by atoms with Gasteiger partial charge in [0.05, 0.1) is 4.90 Å². The molecule has 0 spiro atoms. The lowest BCUT2D eigenvalue weighted by atomic mass is 10.3. The highest BCUT2D eigenvalue weighted by Crippen LogP contribution is 2.21. The molecule has 1 aromatic rings. The maximum Gasteiger partial charge on any atom is 0.238 e. The summed E-state index contributed by atoms with van der Waals surface area (Å²) in [5.41, 5.74) is 5.37. The molecule has 0 unspecified atom stereocenters. The van der Waals surface area contributed by atoms with E-state index in [1.54, 1.807) is 0 Å². The van der Waals surface area contributed by atoms with E-state index in [4.69, 9.17) is 10.9 Å². The Morgan fingerprint density at radius 1 is 1.23 bits per heavy atom. The van der Waals surface area contributed by atoms with Gasteiger partial charge in [0.15, 0.2) is 0 Å². The largest absolute Gasteiger partial charge is 0.399 e. The summed E-state index contributed by atoms with van der Waals surface area (Å²) in [6.07, 6.45) is 0. The Morgan fingerprint density at radius 3 is 2.31 bits per heavy atom. The van der Waals surface area contributed by atoms with Crippen molar-refractivity contribution in [2.24, 2.45) is 10.3 Å². The first-order valence-electron chi connectivity index (χ1n) is 3.20. The van der Waals surface area contributed by atoms with E-state index in [1.165, 1.54) is 6.07 Å². The quantitative estimate of drug-likeness (QED) is 0.529. The monoisotopic (exact) mass is 201 g/mol. The topological polar surface area (TPSA) is 116 Å². The normalized spacial score (nSPS) is 11.2. The van der Waals surface area contributed by atoms with Crippen LogP contribution in [0.5, 0.6) is 0 Å². The summed E-state index contributed by atoms with van der Waals surface area (Å²) in [4.78, 5) is 9.88. The molecule has 1 rings (SSSR count). The second-order valence-electron chi connectivity index (χ2n) is 2.40. The van der Waals surface area contributed by atoms with Gasteiger partial charge in [-0.05, 0) is 23.4 Å². The van der Waals surface area contributed by atoms with Crippen molar-refractivity contribution in [3.05, 3.63) is 23.1 Å². The maximum absolute atomic E-state index is 10.8. The molecule has 0 amide bonds. The summed E-state index contributed by atoms with van der Waals surface area (Å²) in [7, 11) is -3.84. The number of nitrogen functional groups attached to an aromatic ring is 1. The number of nitroso groups, excluding NO2 is 1. The zero-order chi connectivity index (χ0) is 10.1. The Kier molecular flexibility index (Phi) is 2.30. The molecule has 0 aromatic heterocycles. The lowest BCUT2D eigenvalue weighted by Crippen LogP contribution is -2.12. The zero-order valence-corrected chi connectivity index (χ0v) is 7.28. The van der Waals surface area contributed by atoms with E-state index in [0.717, 1.165) is 12.1 Å². The molecule has 13 heavy (non-hydrogen) atoms. The molecule has 0 saturated heterocycles. The van der Waals surface area contributed by atoms with Crippen LogP contribution in [0.25, 0.3) is 0 Å². The van der Waals surface area contributed by atoms with Crippen LogP contribution in [-0.2, 0) is 10.0 Å².